The Bertz CT molecular complexity index is 662. The van der Waals surface area contributed by atoms with Gasteiger partial charge in [0.2, 0.25) is 0 Å². The maximum Gasteiger partial charge on any atom is 0.170 e. The molecule has 2 aromatic carbocycles. The first-order valence-electron chi connectivity index (χ1n) is 8.40. The number of anilines is 2. The lowest BCUT2D eigenvalue weighted by molar-refractivity contribution is 0.542. The van der Waals surface area contributed by atoms with Gasteiger partial charge >= 0.3 is 0 Å². The van der Waals surface area contributed by atoms with Crippen molar-refractivity contribution in [1.29, 1.82) is 0 Å². The fourth-order valence-electron chi connectivity index (χ4n) is 2.31. The van der Waals surface area contributed by atoms with Crippen LogP contribution < -0.4 is 21.3 Å². The van der Waals surface area contributed by atoms with E-state index in [4.69, 9.17) is 24.4 Å². The summed E-state index contributed by atoms with van der Waals surface area (Å²) in [6, 6.07) is 20.1. The van der Waals surface area contributed by atoms with Gasteiger partial charge in [-0.3, -0.25) is 0 Å². The summed E-state index contributed by atoms with van der Waals surface area (Å²) in [7, 11) is 0. The van der Waals surface area contributed by atoms with E-state index in [1.165, 1.54) is 0 Å². The molecule has 25 heavy (non-hydrogen) atoms. The normalized spacial score (nSPS) is 11.2. The van der Waals surface area contributed by atoms with Gasteiger partial charge in [-0.25, -0.2) is 0 Å². The number of hydrogen-bond donors (Lipinski definition) is 4. The van der Waals surface area contributed by atoms with Crippen molar-refractivity contribution in [2.24, 2.45) is 0 Å². The fourth-order valence-corrected chi connectivity index (χ4v) is 2.81. The van der Waals surface area contributed by atoms with Crippen LogP contribution in [0.1, 0.15) is 19.8 Å². The minimum absolute atomic E-state index is 0.288. The molecule has 0 radical (unpaired) electrons. The zero-order valence-corrected chi connectivity index (χ0v) is 15.9. The number of para-hydroxylation sites is 2. The molecule has 132 valence electrons. The molecule has 0 saturated heterocycles. The molecular formula is C19H24N4S2. The van der Waals surface area contributed by atoms with Gasteiger partial charge in [-0.15, -0.1) is 0 Å². The Kier molecular flexibility index (Phi) is 8.15. The second kappa shape index (κ2) is 10.6. The topological polar surface area (TPSA) is 48.1 Å². The number of rotatable bonds is 7. The van der Waals surface area contributed by atoms with Gasteiger partial charge in [0.25, 0.3) is 0 Å². The quantitative estimate of drug-likeness (QED) is 0.548. The highest BCUT2D eigenvalue weighted by Crippen LogP contribution is 2.06. The molecule has 0 amide bonds. The molecule has 0 heterocycles. The molecule has 0 aliphatic rings. The SMILES string of the molecule is CC[C@@H](CCNC(=S)Nc1ccccc1)NC(=S)Nc1ccccc1. The summed E-state index contributed by atoms with van der Waals surface area (Å²) in [4.78, 5) is 0. The van der Waals surface area contributed by atoms with Crippen LogP contribution in [0.4, 0.5) is 11.4 Å². The summed E-state index contributed by atoms with van der Waals surface area (Å²) in [5.41, 5.74) is 1.97. The van der Waals surface area contributed by atoms with E-state index in [2.05, 4.69) is 28.2 Å². The van der Waals surface area contributed by atoms with Gasteiger partial charge in [0.05, 0.1) is 0 Å². The van der Waals surface area contributed by atoms with E-state index in [9.17, 15) is 0 Å². The van der Waals surface area contributed by atoms with Crippen molar-refractivity contribution >= 4 is 46.0 Å². The summed E-state index contributed by atoms with van der Waals surface area (Å²) in [6.45, 7) is 2.92. The van der Waals surface area contributed by atoms with E-state index >= 15 is 0 Å². The molecule has 4 nitrogen and oxygen atoms in total. The first-order valence-corrected chi connectivity index (χ1v) is 9.21. The van der Waals surface area contributed by atoms with Gasteiger partial charge < -0.3 is 21.3 Å². The molecule has 6 heteroatoms. The molecule has 0 spiro atoms. The summed E-state index contributed by atoms with van der Waals surface area (Å²) in [5.74, 6) is 0. The molecule has 2 rings (SSSR count). The van der Waals surface area contributed by atoms with E-state index in [-0.39, 0.29) is 6.04 Å². The number of benzene rings is 2. The van der Waals surface area contributed by atoms with Gasteiger partial charge in [0.15, 0.2) is 10.2 Å². The van der Waals surface area contributed by atoms with Crippen molar-refractivity contribution in [2.45, 2.75) is 25.8 Å². The van der Waals surface area contributed by atoms with Crippen molar-refractivity contribution in [3.63, 3.8) is 0 Å². The number of nitrogens with one attached hydrogen (secondary N) is 4. The van der Waals surface area contributed by atoms with Gasteiger partial charge in [-0.2, -0.15) is 0 Å². The molecular weight excluding hydrogens is 348 g/mol. The van der Waals surface area contributed by atoms with Crippen LogP contribution >= 0.6 is 24.4 Å². The lowest BCUT2D eigenvalue weighted by Crippen LogP contribution is -2.40. The molecule has 0 aromatic heterocycles. The van der Waals surface area contributed by atoms with Gasteiger partial charge in [-0.05, 0) is 61.5 Å². The zero-order chi connectivity index (χ0) is 17.9. The summed E-state index contributed by atoms with van der Waals surface area (Å²) in [6.07, 6.45) is 1.90. The molecule has 2 aromatic rings. The molecule has 0 unspecified atom stereocenters. The van der Waals surface area contributed by atoms with Crippen LogP contribution in [0.5, 0.6) is 0 Å². The van der Waals surface area contributed by atoms with Gasteiger partial charge in [0.1, 0.15) is 0 Å². The summed E-state index contributed by atoms with van der Waals surface area (Å²) >= 11 is 10.7. The van der Waals surface area contributed by atoms with E-state index in [0.717, 1.165) is 30.8 Å². The van der Waals surface area contributed by atoms with Crippen molar-refractivity contribution < 1.29 is 0 Å². The Hall–Kier alpha value is -2.18. The van der Waals surface area contributed by atoms with Crippen LogP contribution in [-0.4, -0.2) is 22.8 Å². The summed E-state index contributed by atoms with van der Waals surface area (Å²) in [5, 5.41) is 14.2. The van der Waals surface area contributed by atoms with Crippen LogP contribution in [0.15, 0.2) is 60.7 Å². The largest absolute Gasteiger partial charge is 0.362 e. The van der Waals surface area contributed by atoms with Crippen LogP contribution in [0.2, 0.25) is 0 Å². The van der Waals surface area contributed by atoms with E-state index in [0.29, 0.717) is 10.2 Å². The Morgan fingerprint density at radius 1 is 0.840 bits per heavy atom. The van der Waals surface area contributed by atoms with Crippen molar-refractivity contribution in [3.8, 4) is 0 Å². The lowest BCUT2D eigenvalue weighted by Gasteiger charge is -2.20. The van der Waals surface area contributed by atoms with Crippen molar-refractivity contribution in [3.05, 3.63) is 60.7 Å². The van der Waals surface area contributed by atoms with Crippen molar-refractivity contribution in [2.75, 3.05) is 17.2 Å². The third-order valence-corrected chi connectivity index (χ3v) is 4.14. The average Bonchev–Trinajstić information content (AvgIpc) is 2.62. The number of thiocarbonyl (C=S) groups is 2. The Labute approximate surface area is 160 Å². The maximum atomic E-state index is 5.39. The van der Waals surface area contributed by atoms with Crippen molar-refractivity contribution in [1.82, 2.24) is 10.6 Å². The second-order valence-electron chi connectivity index (χ2n) is 5.61. The Balaban J connectivity index is 1.69. The van der Waals surface area contributed by atoms with Gasteiger partial charge in [0, 0.05) is 24.0 Å². The van der Waals surface area contributed by atoms with Gasteiger partial charge in [-0.1, -0.05) is 43.3 Å². The minimum Gasteiger partial charge on any atom is -0.362 e. The predicted octanol–water partition coefficient (Wildman–Crippen LogP) is 4.13. The molecule has 0 bridgehead atoms. The second-order valence-corrected chi connectivity index (χ2v) is 6.42. The smallest absolute Gasteiger partial charge is 0.170 e. The minimum atomic E-state index is 0.288. The molecule has 0 saturated carbocycles. The molecule has 0 fully saturated rings. The summed E-state index contributed by atoms with van der Waals surface area (Å²) < 4.78 is 0. The van der Waals surface area contributed by atoms with Crippen LogP contribution in [0.3, 0.4) is 0 Å². The Morgan fingerprint density at radius 2 is 1.36 bits per heavy atom. The standard InChI is InChI=1S/C19H24N4S2/c1-2-15(21-19(25)23-17-11-7-4-8-12-17)13-14-20-18(24)22-16-9-5-3-6-10-16/h3-12,15H,2,13-14H2,1H3,(H2,20,22,24)(H2,21,23,25)/t15-/m0/s1. The first kappa shape index (κ1) is 19.1. The van der Waals surface area contributed by atoms with Crippen LogP contribution in [0.25, 0.3) is 0 Å². The molecule has 4 N–H and O–H groups in total. The highest BCUT2D eigenvalue weighted by Gasteiger charge is 2.08. The average molecular weight is 373 g/mol. The highest BCUT2D eigenvalue weighted by atomic mass is 32.1. The maximum absolute atomic E-state index is 5.39. The predicted molar refractivity (Wildman–Crippen MR) is 115 cm³/mol. The molecule has 0 aliphatic carbocycles. The zero-order valence-electron chi connectivity index (χ0n) is 14.3. The fraction of sp³-hybridized carbons (Fsp3) is 0.263. The van der Waals surface area contributed by atoms with Crippen LogP contribution in [-0.2, 0) is 0 Å². The number of hydrogen-bond acceptors (Lipinski definition) is 2. The molecule has 0 aliphatic heterocycles. The van der Waals surface area contributed by atoms with E-state index < -0.39 is 0 Å². The third-order valence-electron chi connectivity index (χ3n) is 3.67. The first-order chi connectivity index (χ1) is 12.2. The highest BCUT2D eigenvalue weighted by molar-refractivity contribution is 7.80. The molecule has 1 atom stereocenters. The van der Waals surface area contributed by atoms with E-state index in [1.54, 1.807) is 0 Å². The Morgan fingerprint density at radius 3 is 1.88 bits per heavy atom. The third kappa shape index (κ3) is 7.49. The lowest BCUT2D eigenvalue weighted by atomic mass is 10.1. The monoisotopic (exact) mass is 372 g/mol. The van der Waals surface area contributed by atoms with Crippen LogP contribution in [0, 0.1) is 0 Å². The van der Waals surface area contributed by atoms with E-state index in [1.807, 2.05) is 60.7 Å².